The summed E-state index contributed by atoms with van der Waals surface area (Å²) in [7, 11) is -3.82. The molecule has 11 heteroatoms. The standard InChI is InChI=1S/C23H24ClN3O4S.2ClH/c24-17-3-1-2-16(12-17)22(28)14-27-11-10-15-4-6-18(7-5-15)32(30,31)19-8-9-21(25)20(13-19)23(26)29;;/h1-9,12-13,22,27-28H,10-11,14,25H2,(H2,26,29);2*1H/t22-;;/m0../s1. The molecule has 0 unspecified atom stereocenters. The van der Waals surface area contributed by atoms with Crippen LogP contribution in [0.5, 0.6) is 0 Å². The second-order valence-electron chi connectivity index (χ2n) is 7.29. The van der Waals surface area contributed by atoms with Crippen LogP contribution in [0.15, 0.2) is 76.5 Å². The molecule has 0 fully saturated rings. The number of hydrogen-bond donors (Lipinski definition) is 4. The van der Waals surface area contributed by atoms with Gasteiger partial charge in [-0.15, -0.1) is 24.8 Å². The smallest absolute Gasteiger partial charge is 0.250 e. The highest BCUT2D eigenvalue weighted by molar-refractivity contribution is 7.91. The second kappa shape index (κ2) is 12.9. The van der Waals surface area contributed by atoms with Gasteiger partial charge in [-0.25, -0.2) is 8.42 Å². The minimum absolute atomic E-state index is 0. The Hall–Kier alpha value is -2.33. The number of aliphatic hydroxyl groups excluding tert-OH is 1. The third-order valence-electron chi connectivity index (χ3n) is 5.00. The zero-order valence-corrected chi connectivity index (χ0v) is 21.2. The first-order valence-electron chi connectivity index (χ1n) is 9.86. The van der Waals surface area contributed by atoms with Crippen molar-refractivity contribution < 1.29 is 18.3 Å². The van der Waals surface area contributed by atoms with Gasteiger partial charge in [0.1, 0.15) is 0 Å². The maximum atomic E-state index is 12.9. The average Bonchev–Trinajstić information content (AvgIpc) is 2.77. The van der Waals surface area contributed by atoms with Crippen LogP contribution in [0.4, 0.5) is 5.69 Å². The molecule has 0 saturated carbocycles. The van der Waals surface area contributed by atoms with Crippen LogP contribution in [0.1, 0.15) is 27.6 Å². The number of primary amides is 1. The molecule has 0 aliphatic rings. The fourth-order valence-electron chi connectivity index (χ4n) is 3.19. The van der Waals surface area contributed by atoms with E-state index in [4.69, 9.17) is 23.1 Å². The number of aliphatic hydroxyl groups is 1. The van der Waals surface area contributed by atoms with Gasteiger partial charge < -0.3 is 21.9 Å². The normalized spacial score (nSPS) is 11.7. The summed E-state index contributed by atoms with van der Waals surface area (Å²) in [5.41, 5.74) is 12.7. The van der Waals surface area contributed by atoms with Crippen molar-refractivity contribution >= 4 is 57.8 Å². The minimum Gasteiger partial charge on any atom is -0.398 e. The summed E-state index contributed by atoms with van der Waals surface area (Å²) in [6, 6.07) is 17.5. The summed E-state index contributed by atoms with van der Waals surface area (Å²) in [5, 5.41) is 14.0. The van der Waals surface area contributed by atoms with Crippen molar-refractivity contribution in [2.45, 2.75) is 22.3 Å². The molecule has 0 aliphatic heterocycles. The Balaban J connectivity index is 0.00000289. The quantitative estimate of drug-likeness (QED) is 0.239. The molecule has 1 atom stereocenters. The molecule has 1 amide bonds. The van der Waals surface area contributed by atoms with Crippen LogP contribution in [0, 0.1) is 0 Å². The SMILES string of the molecule is Cl.Cl.NC(=O)c1cc(S(=O)(=O)c2ccc(CCNC[C@H](O)c3cccc(Cl)c3)cc2)ccc1N. The van der Waals surface area contributed by atoms with Crippen molar-refractivity contribution in [3.05, 3.63) is 88.4 Å². The Labute approximate surface area is 216 Å². The van der Waals surface area contributed by atoms with E-state index >= 15 is 0 Å². The molecule has 3 aromatic carbocycles. The van der Waals surface area contributed by atoms with Crippen LogP contribution >= 0.6 is 36.4 Å². The summed E-state index contributed by atoms with van der Waals surface area (Å²) in [5.74, 6) is -0.789. The molecule has 0 bridgehead atoms. The molecule has 6 N–H and O–H groups in total. The van der Waals surface area contributed by atoms with Crippen molar-refractivity contribution in [2.24, 2.45) is 5.73 Å². The Morgan fingerprint density at radius 2 is 1.65 bits per heavy atom. The van der Waals surface area contributed by atoms with Gasteiger partial charge in [-0.05, 0) is 66.6 Å². The molecule has 7 nitrogen and oxygen atoms in total. The summed E-state index contributed by atoms with van der Waals surface area (Å²) >= 11 is 5.94. The lowest BCUT2D eigenvalue weighted by atomic mass is 10.1. The Morgan fingerprint density at radius 1 is 1.00 bits per heavy atom. The number of benzene rings is 3. The fraction of sp³-hybridized carbons (Fsp3) is 0.174. The average molecular weight is 547 g/mol. The van der Waals surface area contributed by atoms with E-state index in [1.165, 1.54) is 30.3 Å². The van der Waals surface area contributed by atoms with Gasteiger partial charge >= 0.3 is 0 Å². The van der Waals surface area contributed by atoms with E-state index in [9.17, 15) is 18.3 Å². The van der Waals surface area contributed by atoms with Crippen molar-refractivity contribution in [3.8, 4) is 0 Å². The Kier molecular flexibility index (Phi) is 11.3. The van der Waals surface area contributed by atoms with Gasteiger partial charge in [-0.2, -0.15) is 0 Å². The number of sulfone groups is 1. The van der Waals surface area contributed by atoms with Crippen LogP contribution < -0.4 is 16.8 Å². The Bertz CT molecular complexity index is 1220. The molecular weight excluding hydrogens is 521 g/mol. The van der Waals surface area contributed by atoms with Gasteiger partial charge in [0.05, 0.1) is 21.5 Å². The van der Waals surface area contributed by atoms with Crippen LogP contribution in [0.2, 0.25) is 5.02 Å². The lowest BCUT2D eigenvalue weighted by Gasteiger charge is -2.13. The van der Waals surface area contributed by atoms with Crippen LogP contribution in [0.3, 0.4) is 0 Å². The topological polar surface area (TPSA) is 136 Å². The first kappa shape index (κ1) is 29.7. The maximum absolute atomic E-state index is 12.9. The molecule has 0 saturated heterocycles. The Morgan fingerprint density at radius 3 is 2.26 bits per heavy atom. The highest BCUT2D eigenvalue weighted by atomic mass is 35.5. The number of amides is 1. The molecule has 0 aromatic heterocycles. The molecule has 0 heterocycles. The molecular formula is C23H26Cl3N3O4S. The number of hydrogen-bond acceptors (Lipinski definition) is 6. The van der Waals surface area contributed by atoms with Crippen molar-refractivity contribution in [2.75, 3.05) is 18.8 Å². The maximum Gasteiger partial charge on any atom is 0.250 e. The highest BCUT2D eigenvalue weighted by Crippen LogP contribution is 2.24. The first-order chi connectivity index (χ1) is 15.2. The van der Waals surface area contributed by atoms with Crippen LogP contribution in [-0.4, -0.2) is 32.5 Å². The fourth-order valence-corrected chi connectivity index (χ4v) is 4.68. The molecule has 34 heavy (non-hydrogen) atoms. The van der Waals surface area contributed by atoms with Crippen LogP contribution in [-0.2, 0) is 16.3 Å². The molecule has 3 rings (SSSR count). The van der Waals surface area contributed by atoms with E-state index in [1.54, 1.807) is 30.3 Å². The van der Waals surface area contributed by atoms with Gasteiger partial charge in [-0.1, -0.05) is 35.9 Å². The summed E-state index contributed by atoms with van der Waals surface area (Å²) < 4.78 is 25.8. The molecule has 0 radical (unpaired) electrons. The predicted octanol–water partition coefficient (Wildman–Crippen LogP) is 3.56. The van der Waals surface area contributed by atoms with Gasteiger partial charge in [0.15, 0.2) is 0 Å². The number of halogens is 3. The van der Waals surface area contributed by atoms with E-state index in [0.29, 0.717) is 24.5 Å². The highest BCUT2D eigenvalue weighted by Gasteiger charge is 2.20. The number of nitrogens with two attached hydrogens (primary N) is 2. The number of nitrogens with one attached hydrogen (secondary N) is 1. The van der Waals surface area contributed by atoms with E-state index in [2.05, 4.69) is 5.32 Å². The van der Waals surface area contributed by atoms with Gasteiger partial charge in [0.25, 0.3) is 5.91 Å². The molecule has 0 spiro atoms. The van der Waals surface area contributed by atoms with Gasteiger partial charge in [0, 0.05) is 17.3 Å². The van der Waals surface area contributed by atoms with Crippen molar-refractivity contribution in [3.63, 3.8) is 0 Å². The number of anilines is 1. The van der Waals surface area contributed by atoms with E-state index < -0.39 is 21.8 Å². The van der Waals surface area contributed by atoms with E-state index in [1.807, 2.05) is 6.07 Å². The monoisotopic (exact) mass is 545 g/mol. The molecule has 184 valence electrons. The number of carbonyl (C=O) groups excluding carboxylic acids is 1. The summed E-state index contributed by atoms with van der Waals surface area (Å²) in [6.07, 6.45) is -0.0255. The number of nitrogen functional groups attached to an aromatic ring is 1. The molecule has 3 aromatic rings. The van der Waals surface area contributed by atoms with Crippen LogP contribution in [0.25, 0.3) is 0 Å². The lowest BCUT2D eigenvalue weighted by molar-refractivity contribution is 0.100. The zero-order valence-electron chi connectivity index (χ0n) is 18.0. The number of rotatable bonds is 9. The first-order valence-corrected chi connectivity index (χ1v) is 11.7. The largest absolute Gasteiger partial charge is 0.398 e. The van der Waals surface area contributed by atoms with Gasteiger partial charge in [-0.3, -0.25) is 4.79 Å². The van der Waals surface area contributed by atoms with Crippen molar-refractivity contribution in [1.29, 1.82) is 0 Å². The van der Waals surface area contributed by atoms with Crippen molar-refractivity contribution in [1.82, 2.24) is 5.32 Å². The minimum atomic E-state index is -3.82. The molecule has 0 aliphatic carbocycles. The number of carbonyl (C=O) groups is 1. The predicted molar refractivity (Wildman–Crippen MR) is 139 cm³/mol. The third-order valence-corrected chi connectivity index (χ3v) is 7.00. The lowest BCUT2D eigenvalue weighted by Crippen LogP contribution is -2.23. The third kappa shape index (κ3) is 7.33. The van der Waals surface area contributed by atoms with E-state index in [0.717, 1.165) is 11.1 Å². The van der Waals surface area contributed by atoms with Gasteiger partial charge in [0.2, 0.25) is 9.84 Å². The van der Waals surface area contributed by atoms with E-state index in [-0.39, 0.29) is 45.9 Å². The second-order valence-corrected chi connectivity index (χ2v) is 9.67. The summed E-state index contributed by atoms with van der Waals surface area (Å²) in [6.45, 7) is 0.968. The zero-order chi connectivity index (χ0) is 23.3. The summed E-state index contributed by atoms with van der Waals surface area (Å²) in [4.78, 5) is 11.5.